The fourth-order valence-corrected chi connectivity index (χ4v) is 8.68. The molecule has 49 heavy (non-hydrogen) atoms. The lowest BCUT2D eigenvalue weighted by Crippen LogP contribution is -2.54. The highest BCUT2D eigenvalue weighted by molar-refractivity contribution is 5.79. The molecule has 0 spiro atoms. The van der Waals surface area contributed by atoms with Gasteiger partial charge in [0.2, 0.25) is 5.91 Å². The lowest BCUT2D eigenvalue weighted by molar-refractivity contribution is -0.129. The molecule has 1 aromatic carbocycles. The van der Waals surface area contributed by atoms with Gasteiger partial charge in [0.25, 0.3) is 5.89 Å². The van der Waals surface area contributed by atoms with Crippen molar-refractivity contribution in [3.05, 3.63) is 59.2 Å². The van der Waals surface area contributed by atoms with Crippen molar-refractivity contribution in [2.45, 2.75) is 115 Å². The second kappa shape index (κ2) is 13.4. The fraction of sp³-hybridized carbons (Fsp3) is 0.605. The maximum Gasteiger partial charge on any atom is 0.410 e. The number of benzene rings is 1. The van der Waals surface area contributed by atoms with Crippen LogP contribution in [0.5, 0.6) is 5.75 Å². The number of methoxy groups -OCH3 is 1. The predicted octanol–water partition coefficient (Wildman–Crippen LogP) is 6.39. The van der Waals surface area contributed by atoms with Crippen LogP contribution in [0.25, 0.3) is 11.5 Å². The van der Waals surface area contributed by atoms with Crippen molar-refractivity contribution >= 4 is 12.0 Å². The number of aryl methyl sites for hydroxylation is 1. The Hall–Kier alpha value is -3.99. The van der Waals surface area contributed by atoms with E-state index in [1.165, 1.54) is 10.5 Å². The van der Waals surface area contributed by atoms with Gasteiger partial charge in [0.05, 0.1) is 38.0 Å². The number of likely N-dealkylation sites (tertiary alicyclic amines) is 1. The van der Waals surface area contributed by atoms with E-state index in [9.17, 15) is 14.7 Å². The predicted molar refractivity (Wildman–Crippen MR) is 182 cm³/mol. The fourth-order valence-electron chi connectivity index (χ4n) is 8.68. The summed E-state index contributed by atoms with van der Waals surface area (Å²) in [4.78, 5) is 37.5. The van der Waals surface area contributed by atoms with Gasteiger partial charge in [-0.3, -0.25) is 9.78 Å². The summed E-state index contributed by atoms with van der Waals surface area (Å²) in [5.41, 5.74) is 4.17. The maximum absolute atomic E-state index is 14.1. The molecule has 2 aromatic heterocycles. The molecular formula is C38H49N5O6. The number of rotatable bonds is 9. The van der Waals surface area contributed by atoms with Crippen molar-refractivity contribution in [1.29, 1.82) is 0 Å². The van der Waals surface area contributed by atoms with Crippen LogP contribution < -0.4 is 10.1 Å². The lowest BCUT2D eigenvalue weighted by Gasteiger charge is -2.56. The third-order valence-corrected chi connectivity index (χ3v) is 11.9. The molecule has 5 fully saturated rings. The third kappa shape index (κ3) is 6.54. The van der Waals surface area contributed by atoms with E-state index in [1.807, 2.05) is 26.0 Å². The molecule has 3 aromatic rings. The number of pyridine rings is 1. The molecule has 2 amide bonds. The van der Waals surface area contributed by atoms with E-state index in [0.29, 0.717) is 50.5 Å². The van der Waals surface area contributed by atoms with Crippen LogP contribution in [0.3, 0.4) is 0 Å². The van der Waals surface area contributed by atoms with Crippen molar-refractivity contribution in [3.8, 4) is 17.2 Å². The normalized spacial score (nSPS) is 27.4. The van der Waals surface area contributed by atoms with Gasteiger partial charge in [-0.15, -0.1) is 0 Å². The molecular weight excluding hydrogens is 622 g/mol. The molecule has 2 bridgehead atoms. The molecule has 1 saturated heterocycles. The van der Waals surface area contributed by atoms with Gasteiger partial charge in [0, 0.05) is 23.6 Å². The molecule has 5 aliphatic rings. The SMILES string of the molecule is COc1ccc(C23CCC(C(NC(=O)C4CCC(OC(=O)N5CC(O)C5)CC4)c4cc(-c5nc(C(C)C)no5)ccn4)(CC2)CC3)cc1C. The Morgan fingerprint density at radius 1 is 1.02 bits per heavy atom. The first-order valence-electron chi connectivity index (χ1n) is 18.0. The number of aliphatic hydroxyl groups excluding tert-OH is 1. The van der Waals surface area contributed by atoms with Gasteiger partial charge in [-0.05, 0) is 111 Å². The molecule has 1 atom stereocenters. The zero-order valence-electron chi connectivity index (χ0n) is 29.1. The number of aromatic nitrogens is 3. The standard InChI is InChI=1S/C38H49N5O6/c1-23(2)33-41-35(49-42-33)26-11-18-39-30(20-26)32(40-34(45)25-5-8-29(9-6-25)48-36(46)43-21-28(44)22-43)38-15-12-37(13-16-38,14-17-38)27-7-10-31(47-4)24(3)19-27/h7,10-11,18-20,23,25,28-29,32,44H,5-6,8-9,12-17,21-22H2,1-4H3,(H,40,45). The maximum atomic E-state index is 14.1. The van der Waals surface area contributed by atoms with Crippen molar-refractivity contribution in [3.63, 3.8) is 0 Å². The Morgan fingerprint density at radius 2 is 1.73 bits per heavy atom. The highest BCUT2D eigenvalue weighted by atomic mass is 16.6. The van der Waals surface area contributed by atoms with Crippen LogP contribution in [-0.4, -0.2) is 69.5 Å². The summed E-state index contributed by atoms with van der Waals surface area (Å²) < 4.78 is 16.9. The topological polar surface area (TPSA) is 140 Å². The van der Waals surface area contributed by atoms with Crippen LogP contribution in [0.1, 0.15) is 113 Å². The quantitative estimate of drug-likeness (QED) is 0.265. The number of aliphatic hydroxyl groups is 1. The highest BCUT2D eigenvalue weighted by Crippen LogP contribution is 2.62. The van der Waals surface area contributed by atoms with E-state index in [1.54, 1.807) is 13.3 Å². The van der Waals surface area contributed by atoms with Crippen molar-refractivity contribution < 1.29 is 28.7 Å². The molecule has 1 aliphatic heterocycles. The van der Waals surface area contributed by atoms with Crippen LogP contribution in [0.15, 0.2) is 41.1 Å². The molecule has 11 heteroatoms. The van der Waals surface area contributed by atoms with Gasteiger partial charge in [0.1, 0.15) is 11.9 Å². The Morgan fingerprint density at radius 3 is 2.35 bits per heavy atom. The Labute approximate surface area is 288 Å². The third-order valence-electron chi connectivity index (χ3n) is 11.9. The minimum Gasteiger partial charge on any atom is -0.496 e. The number of carbonyl (C=O) groups excluding carboxylic acids is 2. The minimum atomic E-state index is -0.463. The summed E-state index contributed by atoms with van der Waals surface area (Å²) in [7, 11) is 1.72. The van der Waals surface area contributed by atoms with E-state index in [4.69, 9.17) is 19.0 Å². The first-order chi connectivity index (χ1) is 23.6. The van der Waals surface area contributed by atoms with Crippen molar-refractivity contribution in [1.82, 2.24) is 25.3 Å². The monoisotopic (exact) mass is 671 g/mol. The number of ether oxygens (including phenoxy) is 2. The average molecular weight is 672 g/mol. The number of nitrogens with zero attached hydrogens (tertiary/aromatic N) is 4. The van der Waals surface area contributed by atoms with E-state index in [-0.39, 0.29) is 46.8 Å². The van der Waals surface area contributed by atoms with E-state index >= 15 is 0 Å². The summed E-state index contributed by atoms with van der Waals surface area (Å²) in [5, 5.41) is 17.2. The molecule has 262 valence electrons. The van der Waals surface area contributed by atoms with Crippen molar-refractivity contribution in [2.75, 3.05) is 20.2 Å². The van der Waals surface area contributed by atoms with E-state index < -0.39 is 6.10 Å². The van der Waals surface area contributed by atoms with Gasteiger partial charge >= 0.3 is 6.09 Å². The summed E-state index contributed by atoms with van der Waals surface area (Å²) >= 11 is 0. The molecule has 8 rings (SSSR count). The molecule has 4 aliphatic carbocycles. The number of β-amino-alcohol motifs (C(OH)–C–C–N with tert-alkyl or cyclic N) is 1. The molecule has 1 unspecified atom stereocenters. The molecule has 4 saturated carbocycles. The van der Waals surface area contributed by atoms with Gasteiger partial charge in [-0.2, -0.15) is 4.98 Å². The second-order valence-corrected chi connectivity index (χ2v) is 15.3. The van der Waals surface area contributed by atoms with Crippen LogP contribution in [-0.2, 0) is 14.9 Å². The number of fused-ring (bicyclic) bond motifs is 3. The molecule has 3 heterocycles. The Bertz CT molecular complexity index is 1650. The zero-order valence-corrected chi connectivity index (χ0v) is 29.1. The average Bonchev–Trinajstić information content (AvgIpc) is 3.61. The Balaban J connectivity index is 1.10. The number of amides is 2. The van der Waals surface area contributed by atoms with E-state index in [2.05, 4.69) is 40.6 Å². The van der Waals surface area contributed by atoms with Crippen LogP contribution in [0.2, 0.25) is 0 Å². The second-order valence-electron chi connectivity index (χ2n) is 15.3. The van der Waals surface area contributed by atoms with Gasteiger partial charge < -0.3 is 29.3 Å². The van der Waals surface area contributed by atoms with Crippen LogP contribution >= 0.6 is 0 Å². The van der Waals surface area contributed by atoms with Gasteiger partial charge in [-0.1, -0.05) is 31.1 Å². The van der Waals surface area contributed by atoms with Gasteiger partial charge in [-0.25, -0.2) is 4.79 Å². The van der Waals surface area contributed by atoms with E-state index in [0.717, 1.165) is 61.1 Å². The largest absolute Gasteiger partial charge is 0.496 e. The molecule has 2 N–H and O–H groups in total. The summed E-state index contributed by atoms with van der Waals surface area (Å²) in [6, 6.07) is 10.3. The lowest BCUT2D eigenvalue weighted by atomic mass is 9.49. The van der Waals surface area contributed by atoms with Crippen molar-refractivity contribution in [2.24, 2.45) is 11.3 Å². The highest BCUT2D eigenvalue weighted by Gasteiger charge is 2.54. The number of hydrogen-bond donors (Lipinski definition) is 2. The summed E-state index contributed by atoms with van der Waals surface area (Å²) in [6.07, 6.45) is 9.44. The smallest absolute Gasteiger partial charge is 0.410 e. The first kappa shape index (κ1) is 33.5. The number of carbonyl (C=O) groups is 2. The molecule has 11 nitrogen and oxygen atoms in total. The van der Waals surface area contributed by atoms with Gasteiger partial charge in [0.15, 0.2) is 5.82 Å². The Kier molecular flexibility index (Phi) is 9.15. The van der Waals surface area contributed by atoms with Crippen LogP contribution in [0, 0.1) is 18.3 Å². The zero-order chi connectivity index (χ0) is 34.3. The summed E-state index contributed by atoms with van der Waals surface area (Å²) in [5.74, 6) is 2.05. The minimum absolute atomic E-state index is 0.0373. The summed E-state index contributed by atoms with van der Waals surface area (Å²) in [6.45, 7) is 6.82. The number of hydrogen-bond acceptors (Lipinski definition) is 9. The van der Waals surface area contributed by atoms with Crippen LogP contribution in [0.4, 0.5) is 4.79 Å². The number of nitrogens with one attached hydrogen (secondary N) is 1. The molecule has 0 radical (unpaired) electrons. The first-order valence-corrected chi connectivity index (χ1v) is 18.0.